The van der Waals surface area contributed by atoms with Gasteiger partial charge in [-0.2, -0.15) is 0 Å². The molecule has 1 rings (SSSR count). The van der Waals surface area contributed by atoms with Crippen LogP contribution >= 0.6 is 7.60 Å². The van der Waals surface area contributed by atoms with Crippen LogP contribution in [0.15, 0.2) is 0 Å². The lowest BCUT2D eigenvalue weighted by molar-refractivity contribution is -0.125. The van der Waals surface area contributed by atoms with Crippen molar-refractivity contribution in [1.82, 2.24) is 4.90 Å². The van der Waals surface area contributed by atoms with Gasteiger partial charge in [-0.3, -0.25) is 9.36 Å². The predicted octanol–water partition coefficient (Wildman–Crippen LogP) is -0.900. The molecule has 0 aliphatic carbocycles. The molecule has 1 saturated heterocycles. The molecule has 64 valence electrons. The number of amides is 1. The summed E-state index contributed by atoms with van der Waals surface area (Å²) in [6.07, 6.45) is -0.605. The van der Waals surface area contributed by atoms with E-state index in [0.29, 0.717) is 0 Å². The van der Waals surface area contributed by atoms with E-state index in [0.717, 1.165) is 11.6 Å². The first-order chi connectivity index (χ1) is 4.99. The van der Waals surface area contributed by atoms with Gasteiger partial charge in [-0.25, -0.2) is 0 Å². The van der Waals surface area contributed by atoms with Gasteiger partial charge in [0.25, 0.3) is 0 Å². The molecule has 0 saturated carbocycles. The number of nitrogens with zero attached hydrogens (tertiary/aromatic N) is 1. The topological polar surface area (TPSA) is 87.1 Å². The molecule has 11 heavy (non-hydrogen) atoms. The van der Waals surface area contributed by atoms with Gasteiger partial charge in [-0.15, -0.1) is 6.73 Å². The highest BCUT2D eigenvalue weighted by Crippen LogP contribution is 2.36. The van der Waals surface area contributed by atoms with Crippen LogP contribution < -0.4 is 0 Å². The molecule has 0 unspecified atom stereocenters. The molecule has 6 nitrogen and oxygen atoms in total. The van der Waals surface area contributed by atoms with Gasteiger partial charge in [0.05, 0.1) is 12.9 Å². The first kappa shape index (κ1) is 8.67. The van der Waals surface area contributed by atoms with Crippen molar-refractivity contribution in [3.63, 3.8) is 0 Å². The van der Waals surface area contributed by atoms with E-state index >= 15 is 0 Å². The first-order valence-electron chi connectivity index (χ1n) is 2.78. The molecule has 0 aromatic heterocycles. The highest BCUT2D eigenvalue weighted by atomic mass is 31.2. The Labute approximate surface area is 62.9 Å². The second-order valence-corrected chi connectivity index (χ2v) is 3.70. The van der Waals surface area contributed by atoms with E-state index in [-0.39, 0.29) is 6.61 Å². The molecule has 1 fully saturated rings. The lowest BCUT2D eigenvalue weighted by Crippen LogP contribution is -2.24. The van der Waals surface area contributed by atoms with Gasteiger partial charge in [0.1, 0.15) is 0 Å². The van der Waals surface area contributed by atoms with E-state index in [1.165, 1.54) is 0 Å². The highest BCUT2D eigenvalue weighted by Gasteiger charge is 2.20. The first-order valence-corrected chi connectivity index (χ1v) is 4.58. The van der Waals surface area contributed by atoms with E-state index in [2.05, 4.69) is 4.74 Å². The van der Waals surface area contributed by atoms with E-state index in [1.807, 2.05) is 0 Å². The molecule has 1 aliphatic heterocycles. The van der Waals surface area contributed by atoms with Crippen LogP contribution in [0.1, 0.15) is 0 Å². The Hall–Kier alpha value is -0.420. The lowest BCUT2D eigenvalue weighted by atomic mass is 10.6. The van der Waals surface area contributed by atoms with E-state index in [9.17, 15) is 9.36 Å². The maximum Gasteiger partial charge on any atom is 0.342 e. The summed E-state index contributed by atoms with van der Waals surface area (Å²) in [4.78, 5) is 28.4. The molecule has 0 atom stereocenters. The van der Waals surface area contributed by atoms with Crippen LogP contribution in [0.3, 0.4) is 0 Å². The molecule has 1 heterocycles. The molecule has 2 N–H and O–H groups in total. The summed E-state index contributed by atoms with van der Waals surface area (Å²) in [6, 6.07) is 0. The van der Waals surface area contributed by atoms with Crippen molar-refractivity contribution in [1.29, 1.82) is 0 Å². The Balaban J connectivity index is 2.50. The third-order valence-corrected chi connectivity index (χ3v) is 1.74. The molecule has 1 amide bonds. The molecule has 0 aromatic carbocycles. The minimum absolute atomic E-state index is 0.139. The quantitative estimate of drug-likeness (QED) is 0.424. The van der Waals surface area contributed by atoms with Gasteiger partial charge in [-0.05, 0) is 0 Å². The van der Waals surface area contributed by atoms with Crippen LogP contribution in [-0.2, 0) is 14.1 Å². The number of hydrogen-bond donors (Lipinski definition) is 2. The summed E-state index contributed by atoms with van der Waals surface area (Å²) >= 11 is 0. The van der Waals surface area contributed by atoms with E-state index in [4.69, 9.17) is 9.79 Å². The molecular weight excluding hydrogens is 173 g/mol. The normalized spacial score (nSPS) is 19.5. The van der Waals surface area contributed by atoms with Crippen LogP contribution in [0.25, 0.3) is 0 Å². The van der Waals surface area contributed by atoms with Gasteiger partial charge in [0.15, 0.2) is 0 Å². The van der Waals surface area contributed by atoms with Crippen molar-refractivity contribution in [2.24, 2.45) is 0 Å². The minimum Gasteiger partial charge on any atom is -0.525 e. The fraction of sp³-hybridized carbons (Fsp3) is 0.500. The summed E-state index contributed by atoms with van der Waals surface area (Å²) < 4.78 is 14.9. The zero-order chi connectivity index (χ0) is 8.48. The maximum atomic E-state index is 10.7. The van der Waals surface area contributed by atoms with Crippen LogP contribution in [0.5, 0.6) is 0 Å². The standard InChI is InChI=1S/C4H7NO5P/c6-4-1-10-2-5(4)3-11(7,8)9/h2H,1,3H2,(H2,7,8,9)/q-1. The summed E-state index contributed by atoms with van der Waals surface area (Å²) in [5.41, 5.74) is 0. The van der Waals surface area contributed by atoms with Crippen molar-refractivity contribution >= 4 is 13.5 Å². The molecule has 0 aromatic rings. The largest absolute Gasteiger partial charge is 0.525 e. The number of carbonyl (C=O) groups is 1. The molecule has 0 spiro atoms. The number of rotatable bonds is 2. The Kier molecular flexibility index (Phi) is 2.29. The van der Waals surface area contributed by atoms with Gasteiger partial charge in [0, 0.05) is 0 Å². The zero-order valence-electron chi connectivity index (χ0n) is 5.51. The van der Waals surface area contributed by atoms with E-state index < -0.39 is 19.8 Å². The second kappa shape index (κ2) is 2.91. The molecule has 0 bridgehead atoms. The molecular formula is C4H7NO5P-. The third kappa shape index (κ3) is 2.59. The number of ether oxygens (including phenoxy) is 1. The van der Waals surface area contributed by atoms with Crippen LogP contribution in [-0.4, -0.2) is 33.5 Å². The monoisotopic (exact) mass is 180 g/mol. The maximum absolute atomic E-state index is 10.7. The van der Waals surface area contributed by atoms with Crippen LogP contribution in [0.2, 0.25) is 0 Å². The summed E-state index contributed by atoms with van der Waals surface area (Å²) in [7, 11) is -4.16. The Bertz CT molecular complexity index is 211. The smallest absolute Gasteiger partial charge is 0.342 e. The van der Waals surface area contributed by atoms with Crippen molar-refractivity contribution in [2.75, 3.05) is 12.9 Å². The number of hydrogen-bond acceptors (Lipinski definition) is 3. The molecule has 1 aliphatic rings. The molecule has 0 radical (unpaired) electrons. The minimum atomic E-state index is -4.16. The Morgan fingerprint density at radius 2 is 2.36 bits per heavy atom. The SMILES string of the molecule is O=C1CO[CH-]N1CP(=O)(O)O. The second-order valence-electron chi connectivity index (χ2n) is 2.09. The van der Waals surface area contributed by atoms with Crippen molar-refractivity contribution < 1.29 is 23.9 Å². The van der Waals surface area contributed by atoms with Crippen molar-refractivity contribution in [3.8, 4) is 0 Å². The zero-order valence-corrected chi connectivity index (χ0v) is 6.40. The predicted molar refractivity (Wildman–Crippen MR) is 34.0 cm³/mol. The molecule has 7 heteroatoms. The van der Waals surface area contributed by atoms with Crippen LogP contribution in [0.4, 0.5) is 0 Å². The fourth-order valence-electron chi connectivity index (χ4n) is 0.651. The summed E-state index contributed by atoms with van der Waals surface area (Å²) in [5.74, 6) is -0.437. The summed E-state index contributed by atoms with van der Waals surface area (Å²) in [6.45, 7) is 0.876. The lowest BCUT2D eigenvalue weighted by Gasteiger charge is -2.23. The average molecular weight is 180 g/mol. The van der Waals surface area contributed by atoms with E-state index in [1.54, 1.807) is 0 Å². The fourth-order valence-corrected chi connectivity index (χ4v) is 1.27. The highest BCUT2D eigenvalue weighted by molar-refractivity contribution is 7.51. The van der Waals surface area contributed by atoms with Crippen molar-refractivity contribution in [3.05, 3.63) is 6.73 Å². The Morgan fingerprint density at radius 1 is 1.73 bits per heavy atom. The third-order valence-electron chi connectivity index (χ3n) is 1.07. The van der Waals surface area contributed by atoms with Gasteiger partial charge in [0.2, 0.25) is 5.91 Å². The van der Waals surface area contributed by atoms with Gasteiger partial charge < -0.3 is 19.4 Å². The Morgan fingerprint density at radius 3 is 2.73 bits per heavy atom. The van der Waals surface area contributed by atoms with Gasteiger partial charge >= 0.3 is 7.60 Å². The summed E-state index contributed by atoms with van der Waals surface area (Å²) in [5, 5.41) is 0. The van der Waals surface area contributed by atoms with Crippen LogP contribution in [0, 0.1) is 6.73 Å². The van der Waals surface area contributed by atoms with Crippen molar-refractivity contribution in [2.45, 2.75) is 0 Å². The average Bonchev–Trinajstić information content (AvgIpc) is 2.12. The van der Waals surface area contributed by atoms with Gasteiger partial charge in [-0.1, -0.05) is 0 Å². The number of carbonyl (C=O) groups excluding carboxylic acids is 1.